The molecule has 3 atom stereocenters. The van der Waals surface area contributed by atoms with Crippen LogP contribution in [0.4, 0.5) is 0 Å². The van der Waals surface area contributed by atoms with Crippen molar-refractivity contribution in [2.45, 2.75) is 46.2 Å². The van der Waals surface area contributed by atoms with E-state index in [-0.39, 0.29) is 0 Å². The average molecular weight is 141 g/mol. The molecule has 0 bridgehead atoms. The van der Waals surface area contributed by atoms with Gasteiger partial charge in [0.25, 0.3) is 0 Å². The summed E-state index contributed by atoms with van der Waals surface area (Å²) in [5.41, 5.74) is 0. The summed E-state index contributed by atoms with van der Waals surface area (Å²) in [5, 5.41) is 3.55. The van der Waals surface area contributed by atoms with Crippen LogP contribution in [-0.4, -0.2) is 12.1 Å². The van der Waals surface area contributed by atoms with Gasteiger partial charge in [0.05, 0.1) is 0 Å². The van der Waals surface area contributed by atoms with Crippen LogP contribution in [0.15, 0.2) is 0 Å². The maximum atomic E-state index is 3.55. The Labute approximate surface area is 64.2 Å². The third-order valence-electron chi connectivity index (χ3n) is 2.67. The summed E-state index contributed by atoms with van der Waals surface area (Å²) < 4.78 is 0. The molecule has 10 heavy (non-hydrogen) atoms. The van der Waals surface area contributed by atoms with Crippen molar-refractivity contribution in [3.63, 3.8) is 0 Å². The first-order valence-electron chi connectivity index (χ1n) is 4.37. The Bertz CT molecular complexity index is 109. The predicted molar refractivity (Wildman–Crippen MR) is 45.0 cm³/mol. The van der Waals surface area contributed by atoms with E-state index < -0.39 is 0 Å². The fourth-order valence-corrected chi connectivity index (χ4v) is 2.10. The molecule has 0 spiro atoms. The fraction of sp³-hybridized carbons (Fsp3) is 1.00. The Morgan fingerprint density at radius 1 is 1.30 bits per heavy atom. The van der Waals surface area contributed by atoms with Gasteiger partial charge in [-0.25, -0.2) is 0 Å². The second-order valence-corrected chi connectivity index (χ2v) is 4.00. The highest BCUT2D eigenvalue weighted by molar-refractivity contribution is 4.86. The van der Waals surface area contributed by atoms with Gasteiger partial charge in [0, 0.05) is 12.1 Å². The van der Waals surface area contributed by atoms with Gasteiger partial charge in [-0.3, -0.25) is 0 Å². The summed E-state index contributed by atoms with van der Waals surface area (Å²) in [6.45, 7) is 9.22. The standard InChI is InChI=1S/C9H19N/c1-6(2)9-5-7(3)10-8(9)4/h6-10H,5H2,1-4H3. The zero-order valence-electron chi connectivity index (χ0n) is 7.52. The van der Waals surface area contributed by atoms with E-state index in [0.717, 1.165) is 23.9 Å². The molecule has 1 heteroatoms. The average Bonchev–Trinajstić information content (AvgIpc) is 2.10. The van der Waals surface area contributed by atoms with Crippen molar-refractivity contribution in [2.75, 3.05) is 0 Å². The normalized spacial score (nSPS) is 41.1. The zero-order chi connectivity index (χ0) is 7.72. The van der Waals surface area contributed by atoms with E-state index in [1.165, 1.54) is 6.42 Å². The van der Waals surface area contributed by atoms with E-state index in [4.69, 9.17) is 0 Å². The molecule has 1 heterocycles. The van der Waals surface area contributed by atoms with Gasteiger partial charge in [0.1, 0.15) is 0 Å². The Kier molecular flexibility index (Phi) is 2.35. The smallest absolute Gasteiger partial charge is 0.00724 e. The first kappa shape index (κ1) is 8.06. The first-order valence-corrected chi connectivity index (χ1v) is 4.37. The van der Waals surface area contributed by atoms with Crippen LogP contribution in [-0.2, 0) is 0 Å². The third kappa shape index (κ3) is 1.51. The van der Waals surface area contributed by atoms with Crippen molar-refractivity contribution in [1.29, 1.82) is 0 Å². The van der Waals surface area contributed by atoms with Gasteiger partial charge in [0.2, 0.25) is 0 Å². The van der Waals surface area contributed by atoms with E-state index in [1.54, 1.807) is 0 Å². The van der Waals surface area contributed by atoms with Gasteiger partial charge in [0.15, 0.2) is 0 Å². The van der Waals surface area contributed by atoms with Crippen LogP contribution in [0.1, 0.15) is 34.1 Å². The minimum absolute atomic E-state index is 0.731. The Morgan fingerprint density at radius 2 is 1.90 bits per heavy atom. The van der Waals surface area contributed by atoms with Gasteiger partial charge in [-0.05, 0) is 32.1 Å². The Balaban J connectivity index is 2.46. The van der Waals surface area contributed by atoms with Crippen LogP contribution in [0.5, 0.6) is 0 Å². The third-order valence-corrected chi connectivity index (χ3v) is 2.67. The molecule has 1 nitrogen and oxygen atoms in total. The topological polar surface area (TPSA) is 12.0 Å². The maximum absolute atomic E-state index is 3.55. The summed E-state index contributed by atoms with van der Waals surface area (Å²) in [6, 6.07) is 1.47. The lowest BCUT2D eigenvalue weighted by Crippen LogP contribution is -2.28. The maximum Gasteiger partial charge on any atom is 0.00724 e. The molecule has 1 aliphatic rings. The molecule has 1 fully saturated rings. The summed E-state index contributed by atoms with van der Waals surface area (Å²) in [5.74, 6) is 1.74. The fourth-order valence-electron chi connectivity index (χ4n) is 2.10. The van der Waals surface area contributed by atoms with Crippen LogP contribution in [0.2, 0.25) is 0 Å². The molecular weight excluding hydrogens is 122 g/mol. The van der Waals surface area contributed by atoms with E-state index in [0.29, 0.717) is 0 Å². The number of nitrogens with one attached hydrogen (secondary N) is 1. The Morgan fingerprint density at radius 3 is 2.10 bits per heavy atom. The summed E-state index contributed by atoms with van der Waals surface area (Å²) >= 11 is 0. The second-order valence-electron chi connectivity index (χ2n) is 4.00. The summed E-state index contributed by atoms with van der Waals surface area (Å²) in [7, 11) is 0. The van der Waals surface area contributed by atoms with Crippen molar-refractivity contribution in [3.05, 3.63) is 0 Å². The lowest BCUT2D eigenvalue weighted by atomic mass is 9.89. The van der Waals surface area contributed by atoms with Crippen molar-refractivity contribution < 1.29 is 0 Å². The molecular formula is C9H19N. The van der Waals surface area contributed by atoms with E-state index >= 15 is 0 Å². The largest absolute Gasteiger partial charge is 0.311 e. The van der Waals surface area contributed by atoms with Gasteiger partial charge >= 0.3 is 0 Å². The highest BCUT2D eigenvalue weighted by Crippen LogP contribution is 2.26. The number of rotatable bonds is 1. The van der Waals surface area contributed by atoms with E-state index in [1.807, 2.05) is 0 Å². The molecule has 1 rings (SSSR count). The number of hydrogen-bond donors (Lipinski definition) is 1. The molecule has 1 saturated heterocycles. The lowest BCUT2D eigenvalue weighted by molar-refractivity contribution is 0.356. The predicted octanol–water partition coefficient (Wildman–Crippen LogP) is 2.03. The molecule has 60 valence electrons. The molecule has 0 amide bonds. The highest BCUT2D eigenvalue weighted by Gasteiger charge is 2.29. The quantitative estimate of drug-likeness (QED) is 0.589. The van der Waals surface area contributed by atoms with Crippen molar-refractivity contribution in [3.8, 4) is 0 Å². The highest BCUT2D eigenvalue weighted by atomic mass is 15.0. The van der Waals surface area contributed by atoms with Crippen LogP contribution in [0.25, 0.3) is 0 Å². The molecule has 0 aromatic rings. The molecule has 1 N–H and O–H groups in total. The van der Waals surface area contributed by atoms with Gasteiger partial charge < -0.3 is 5.32 Å². The van der Waals surface area contributed by atoms with Crippen LogP contribution < -0.4 is 5.32 Å². The molecule has 0 aromatic heterocycles. The molecule has 0 aromatic carbocycles. The molecule has 3 unspecified atom stereocenters. The molecule has 1 aliphatic heterocycles. The van der Waals surface area contributed by atoms with E-state index in [9.17, 15) is 0 Å². The SMILES string of the molecule is CC1CC(C(C)C)C(C)N1. The summed E-state index contributed by atoms with van der Waals surface area (Å²) in [4.78, 5) is 0. The summed E-state index contributed by atoms with van der Waals surface area (Å²) in [6.07, 6.45) is 1.36. The van der Waals surface area contributed by atoms with Crippen molar-refractivity contribution >= 4 is 0 Å². The van der Waals surface area contributed by atoms with Crippen LogP contribution in [0, 0.1) is 11.8 Å². The van der Waals surface area contributed by atoms with Crippen molar-refractivity contribution in [2.24, 2.45) is 11.8 Å². The molecule has 0 saturated carbocycles. The van der Waals surface area contributed by atoms with Crippen molar-refractivity contribution in [1.82, 2.24) is 5.32 Å². The molecule has 0 radical (unpaired) electrons. The van der Waals surface area contributed by atoms with Gasteiger partial charge in [-0.15, -0.1) is 0 Å². The number of hydrogen-bond acceptors (Lipinski definition) is 1. The minimum Gasteiger partial charge on any atom is -0.311 e. The van der Waals surface area contributed by atoms with Gasteiger partial charge in [-0.1, -0.05) is 13.8 Å². The lowest BCUT2D eigenvalue weighted by Gasteiger charge is -2.18. The van der Waals surface area contributed by atoms with Crippen LogP contribution in [0.3, 0.4) is 0 Å². The zero-order valence-corrected chi connectivity index (χ0v) is 7.52. The monoisotopic (exact) mass is 141 g/mol. The van der Waals surface area contributed by atoms with Crippen LogP contribution >= 0.6 is 0 Å². The second kappa shape index (κ2) is 2.91. The first-order chi connectivity index (χ1) is 4.61. The van der Waals surface area contributed by atoms with Gasteiger partial charge in [-0.2, -0.15) is 0 Å². The Hall–Kier alpha value is -0.0400. The molecule has 0 aliphatic carbocycles. The minimum atomic E-state index is 0.731. The van der Waals surface area contributed by atoms with E-state index in [2.05, 4.69) is 33.0 Å².